The highest BCUT2D eigenvalue weighted by atomic mass is 16.2. The maximum absolute atomic E-state index is 12.0. The molecular weight excluding hydrogens is 335 g/mol. The van der Waals surface area contributed by atoms with Gasteiger partial charge in [-0.25, -0.2) is 0 Å². The quantitative estimate of drug-likeness (QED) is 0.248. The minimum atomic E-state index is -0.376. The van der Waals surface area contributed by atoms with Gasteiger partial charge in [0.25, 0.3) is 7.48 Å². The van der Waals surface area contributed by atoms with Crippen LogP contribution in [0.2, 0.25) is 0 Å². The van der Waals surface area contributed by atoms with Crippen LogP contribution >= 0.6 is 0 Å². The van der Waals surface area contributed by atoms with Crippen LogP contribution < -0.4 is 16.0 Å². The molecule has 0 aliphatic carbocycles. The van der Waals surface area contributed by atoms with Crippen molar-refractivity contribution in [3.8, 4) is 0 Å². The Balaban J connectivity index is 2.05. The third-order valence-electron chi connectivity index (χ3n) is 4.62. The Bertz CT molecular complexity index is 450. The standard InChI is InChI=1S/C17H33BN4O4/c1-19-10-6-4-2-3-5-9-15(23)20-12-16(24)21-13-17(25)22-11-7-8-14(22)18-26/h14,18-19,26H,2-13H2,1H3,(H,20,23)(H,21,24)/t14-/m0/s1. The van der Waals surface area contributed by atoms with Crippen LogP contribution in [0.3, 0.4) is 0 Å². The lowest BCUT2D eigenvalue weighted by atomic mass is 9.86. The monoisotopic (exact) mass is 368 g/mol. The highest BCUT2D eigenvalue weighted by molar-refractivity contribution is 6.28. The number of nitrogens with zero attached hydrogens (tertiary/aromatic N) is 1. The first-order valence-electron chi connectivity index (χ1n) is 9.66. The molecule has 0 saturated carbocycles. The minimum Gasteiger partial charge on any atom is -0.452 e. The van der Waals surface area contributed by atoms with E-state index in [0.29, 0.717) is 13.0 Å². The van der Waals surface area contributed by atoms with E-state index in [1.165, 1.54) is 0 Å². The third kappa shape index (κ3) is 9.19. The molecule has 3 amide bonds. The summed E-state index contributed by atoms with van der Waals surface area (Å²) < 4.78 is 0. The van der Waals surface area contributed by atoms with E-state index in [2.05, 4.69) is 16.0 Å². The van der Waals surface area contributed by atoms with E-state index < -0.39 is 0 Å². The molecule has 0 aromatic heterocycles. The first-order valence-corrected chi connectivity index (χ1v) is 9.66. The van der Waals surface area contributed by atoms with Crippen LogP contribution in [-0.2, 0) is 14.4 Å². The molecule has 8 nitrogen and oxygen atoms in total. The molecule has 0 aromatic rings. The van der Waals surface area contributed by atoms with Crippen LogP contribution in [-0.4, -0.2) is 74.3 Å². The molecule has 1 rings (SSSR count). The molecule has 0 spiro atoms. The van der Waals surface area contributed by atoms with Crippen molar-refractivity contribution >= 4 is 25.2 Å². The van der Waals surface area contributed by atoms with Gasteiger partial charge in [0.05, 0.1) is 13.1 Å². The summed E-state index contributed by atoms with van der Waals surface area (Å²) >= 11 is 0. The van der Waals surface area contributed by atoms with Gasteiger partial charge in [-0.05, 0) is 39.3 Å². The summed E-state index contributed by atoms with van der Waals surface area (Å²) in [7, 11) is 1.89. The molecule has 0 radical (unpaired) electrons. The van der Waals surface area contributed by atoms with Gasteiger partial charge in [-0.15, -0.1) is 0 Å². The van der Waals surface area contributed by atoms with E-state index in [1.807, 2.05) is 7.05 Å². The van der Waals surface area contributed by atoms with Gasteiger partial charge in [-0.3, -0.25) is 14.4 Å². The predicted molar refractivity (Wildman–Crippen MR) is 102 cm³/mol. The summed E-state index contributed by atoms with van der Waals surface area (Å²) in [6, 6.07) is 0. The van der Waals surface area contributed by atoms with Gasteiger partial charge in [-0.2, -0.15) is 0 Å². The van der Waals surface area contributed by atoms with Gasteiger partial charge >= 0.3 is 0 Å². The van der Waals surface area contributed by atoms with Crippen molar-refractivity contribution in [3.05, 3.63) is 0 Å². The van der Waals surface area contributed by atoms with Crippen molar-refractivity contribution < 1.29 is 19.4 Å². The average molecular weight is 368 g/mol. The maximum Gasteiger partial charge on any atom is 0.293 e. The van der Waals surface area contributed by atoms with Crippen LogP contribution in [0.5, 0.6) is 0 Å². The summed E-state index contributed by atoms with van der Waals surface area (Å²) in [4.78, 5) is 37.1. The Morgan fingerprint density at radius 3 is 2.46 bits per heavy atom. The first-order chi connectivity index (χ1) is 12.6. The Labute approximate surface area is 156 Å². The first kappa shape index (κ1) is 22.4. The number of likely N-dealkylation sites (tertiary alicyclic amines) is 1. The van der Waals surface area contributed by atoms with E-state index >= 15 is 0 Å². The van der Waals surface area contributed by atoms with Crippen LogP contribution in [0.25, 0.3) is 0 Å². The second-order valence-electron chi connectivity index (χ2n) is 6.74. The number of carbonyl (C=O) groups is 3. The smallest absolute Gasteiger partial charge is 0.293 e. The normalized spacial score (nSPS) is 16.4. The van der Waals surface area contributed by atoms with Crippen molar-refractivity contribution in [2.75, 3.05) is 33.2 Å². The van der Waals surface area contributed by atoms with Gasteiger partial charge in [0.2, 0.25) is 17.7 Å². The van der Waals surface area contributed by atoms with E-state index in [4.69, 9.17) is 0 Å². The molecule has 0 bridgehead atoms. The Kier molecular flexibility index (Phi) is 11.7. The molecule has 0 unspecified atom stereocenters. The third-order valence-corrected chi connectivity index (χ3v) is 4.62. The van der Waals surface area contributed by atoms with Gasteiger partial charge in [0, 0.05) is 18.9 Å². The van der Waals surface area contributed by atoms with Crippen molar-refractivity contribution in [1.82, 2.24) is 20.9 Å². The Hall–Kier alpha value is -1.61. The molecule has 1 fully saturated rings. The number of rotatable bonds is 13. The zero-order chi connectivity index (χ0) is 19.2. The molecule has 1 atom stereocenters. The lowest BCUT2D eigenvalue weighted by Gasteiger charge is -2.22. The highest BCUT2D eigenvalue weighted by Gasteiger charge is 2.28. The fraction of sp³-hybridized carbons (Fsp3) is 0.824. The fourth-order valence-electron chi connectivity index (χ4n) is 3.08. The Morgan fingerprint density at radius 2 is 1.73 bits per heavy atom. The molecule has 26 heavy (non-hydrogen) atoms. The zero-order valence-corrected chi connectivity index (χ0v) is 15.9. The van der Waals surface area contributed by atoms with E-state index in [0.717, 1.165) is 51.5 Å². The topological polar surface area (TPSA) is 111 Å². The molecule has 1 aliphatic heterocycles. The molecule has 148 valence electrons. The fourth-order valence-corrected chi connectivity index (χ4v) is 3.08. The lowest BCUT2D eigenvalue weighted by molar-refractivity contribution is -0.132. The summed E-state index contributed by atoms with van der Waals surface area (Å²) in [5, 5.41) is 17.4. The minimum absolute atomic E-state index is 0.0504. The molecule has 1 heterocycles. The second-order valence-corrected chi connectivity index (χ2v) is 6.74. The second kappa shape index (κ2) is 13.6. The van der Waals surface area contributed by atoms with Crippen molar-refractivity contribution in [3.63, 3.8) is 0 Å². The van der Waals surface area contributed by atoms with Crippen molar-refractivity contribution in [2.24, 2.45) is 0 Å². The molecule has 9 heteroatoms. The number of unbranched alkanes of at least 4 members (excludes halogenated alkanes) is 4. The van der Waals surface area contributed by atoms with Crippen LogP contribution in [0.1, 0.15) is 51.4 Å². The number of carbonyl (C=O) groups excluding carboxylic acids is 3. The predicted octanol–water partition coefficient (Wildman–Crippen LogP) is -0.929. The van der Waals surface area contributed by atoms with E-state index in [9.17, 15) is 19.4 Å². The number of hydrogen-bond donors (Lipinski definition) is 4. The lowest BCUT2D eigenvalue weighted by Crippen LogP contribution is -2.46. The van der Waals surface area contributed by atoms with E-state index in [-0.39, 0.29) is 44.2 Å². The Morgan fingerprint density at radius 1 is 1.04 bits per heavy atom. The van der Waals surface area contributed by atoms with Crippen molar-refractivity contribution in [1.29, 1.82) is 0 Å². The van der Waals surface area contributed by atoms with Gasteiger partial charge < -0.3 is 25.9 Å². The molecule has 4 N–H and O–H groups in total. The molecule has 1 aliphatic rings. The van der Waals surface area contributed by atoms with Crippen LogP contribution in [0, 0.1) is 0 Å². The number of hydrogen-bond acceptors (Lipinski definition) is 5. The van der Waals surface area contributed by atoms with E-state index in [1.54, 1.807) is 4.90 Å². The van der Waals surface area contributed by atoms with Gasteiger partial charge in [-0.1, -0.05) is 19.3 Å². The molecule has 0 aromatic carbocycles. The SMILES string of the molecule is CNCCCCCCCC(=O)NCC(=O)NCC(=O)N1CCC[C@H]1BO. The number of nitrogens with one attached hydrogen (secondary N) is 3. The number of amides is 3. The maximum atomic E-state index is 12.0. The molecule has 1 saturated heterocycles. The zero-order valence-electron chi connectivity index (χ0n) is 15.9. The largest absolute Gasteiger partial charge is 0.452 e. The average Bonchev–Trinajstić information content (AvgIpc) is 3.12. The van der Waals surface area contributed by atoms with Gasteiger partial charge in [0.15, 0.2) is 0 Å². The van der Waals surface area contributed by atoms with Crippen LogP contribution in [0.4, 0.5) is 0 Å². The van der Waals surface area contributed by atoms with Gasteiger partial charge in [0.1, 0.15) is 0 Å². The van der Waals surface area contributed by atoms with Crippen LogP contribution in [0.15, 0.2) is 0 Å². The molecular formula is C17H33BN4O4. The summed E-state index contributed by atoms with van der Waals surface area (Å²) in [6.07, 6.45) is 7.35. The summed E-state index contributed by atoms with van der Waals surface area (Å²) in [5.41, 5.74) is 0. The van der Waals surface area contributed by atoms with Crippen molar-refractivity contribution in [2.45, 2.75) is 57.3 Å². The summed E-state index contributed by atoms with van der Waals surface area (Å²) in [6.45, 7) is 1.43. The highest BCUT2D eigenvalue weighted by Crippen LogP contribution is 2.15. The summed E-state index contributed by atoms with van der Waals surface area (Å²) in [5.74, 6) is -0.850.